The molecule has 0 saturated carbocycles. The molecule has 2 aromatic rings. The number of nitrogens with one attached hydrogen (secondary N) is 2. The van der Waals surface area contributed by atoms with Crippen molar-refractivity contribution in [2.45, 2.75) is 26.7 Å². The van der Waals surface area contributed by atoms with E-state index in [1.807, 2.05) is 49.1 Å². The zero-order valence-corrected chi connectivity index (χ0v) is 16.6. The number of carbonyl (C=O) groups is 1. The van der Waals surface area contributed by atoms with Gasteiger partial charge in [0.05, 0.1) is 0 Å². The Morgan fingerprint density at radius 2 is 1.93 bits per heavy atom. The minimum atomic E-state index is 0.0638. The van der Waals surface area contributed by atoms with E-state index in [1.165, 1.54) is 0 Å². The Kier molecular flexibility index (Phi) is 6.14. The molecule has 0 radical (unpaired) electrons. The summed E-state index contributed by atoms with van der Waals surface area (Å²) in [5, 5.41) is 10.8. The quantitative estimate of drug-likeness (QED) is 0.527. The molecule has 0 unspecified atom stereocenters. The topological polar surface area (TPSA) is 82.2 Å². The Balaban J connectivity index is 1.65. The van der Waals surface area contributed by atoms with Crippen LogP contribution in [0.2, 0.25) is 0 Å². The number of amidine groups is 1. The van der Waals surface area contributed by atoms with Gasteiger partial charge in [0.2, 0.25) is 0 Å². The molecule has 1 heterocycles. The largest absolute Gasteiger partial charge is 0.384 e. The van der Waals surface area contributed by atoms with E-state index in [-0.39, 0.29) is 11.7 Å². The highest BCUT2D eigenvalue weighted by Gasteiger charge is 2.21. The third kappa shape index (κ3) is 4.60. The minimum Gasteiger partial charge on any atom is -0.384 e. The monoisotopic (exact) mass is 376 g/mol. The van der Waals surface area contributed by atoms with Crippen LogP contribution < -0.4 is 11.1 Å². The van der Waals surface area contributed by atoms with Crippen molar-refractivity contribution in [1.29, 1.82) is 5.41 Å². The number of likely N-dealkylation sites (tertiary alicyclic amines) is 1. The number of rotatable bonds is 6. The number of nitrogen functional groups attached to an aromatic ring is 1. The van der Waals surface area contributed by atoms with Crippen molar-refractivity contribution in [3.63, 3.8) is 0 Å². The summed E-state index contributed by atoms with van der Waals surface area (Å²) in [6.07, 6.45) is 6.35. The van der Waals surface area contributed by atoms with E-state index in [2.05, 4.69) is 23.5 Å². The molecule has 3 rings (SSSR count). The zero-order chi connectivity index (χ0) is 20.1. The summed E-state index contributed by atoms with van der Waals surface area (Å²) in [6, 6.07) is 11.6. The summed E-state index contributed by atoms with van der Waals surface area (Å²) < 4.78 is 0. The van der Waals surface area contributed by atoms with Gasteiger partial charge in [0.1, 0.15) is 5.84 Å². The van der Waals surface area contributed by atoms with Crippen molar-refractivity contribution in [1.82, 2.24) is 4.90 Å². The normalized spacial score (nSPS) is 13.9. The smallest absolute Gasteiger partial charge is 0.254 e. The van der Waals surface area contributed by atoms with Gasteiger partial charge in [-0.05, 0) is 61.6 Å². The van der Waals surface area contributed by atoms with Crippen molar-refractivity contribution in [3.8, 4) is 0 Å². The van der Waals surface area contributed by atoms with E-state index in [0.717, 1.165) is 53.9 Å². The molecule has 2 aromatic carbocycles. The predicted molar refractivity (Wildman–Crippen MR) is 116 cm³/mol. The average molecular weight is 377 g/mol. The molecule has 0 aromatic heterocycles. The van der Waals surface area contributed by atoms with Gasteiger partial charge in [0, 0.05) is 36.4 Å². The van der Waals surface area contributed by atoms with Crippen LogP contribution in [0.5, 0.6) is 0 Å². The van der Waals surface area contributed by atoms with Crippen LogP contribution in [0.4, 0.5) is 5.69 Å². The Hall–Kier alpha value is -3.08. The van der Waals surface area contributed by atoms with Crippen LogP contribution in [0.25, 0.3) is 6.08 Å². The lowest BCUT2D eigenvalue weighted by molar-refractivity contribution is 0.0792. The SMILES string of the molecule is Cc1cc(C(=O)N2CCCC2)c(C)cc1C=CCNc1cccc(C(=N)N)c1. The number of nitrogens with zero attached hydrogens (tertiary/aromatic N) is 1. The number of aryl methyl sites for hydroxylation is 2. The molecular weight excluding hydrogens is 348 g/mol. The molecule has 1 saturated heterocycles. The van der Waals surface area contributed by atoms with E-state index in [9.17, 15) is 4.79 Å². The van der Waals surface area contributed by atoms with Crippen molar-refractivity contribution >= 4 is 23.5 Å². The first kappa shape index (κ1) is 19.7. The standard InChI is InChI=1S/C23H28N4O/c1-16-14-21(23(28)27-11-3-4-12-27)17(2)13-18(16)8-6-10-26-20-9-5-7-19(15-20)22(24)25/h5-9,13-15,26H,3-4,10-12H2,1-2H3,(H3,24,25). The molecule has 1 aliphatic heterocycles. The number of nitrogens with two attached hydrogens (primary N) is 1. The predicted octanol–water partition coefficient (Wildman–Crippen LogP) is 3.95. The van der Waals surface area contributed by atoms with Crippen molar-refractivity contribution in [3.05, 3.63) is 70.3 Å². The van der Waals surface area contributed by atoms with Gasteiger partial charge in [-0.25, -0.2) is 0 Å². The third-order valence-corrected chi connectivity index (χ3v) is 5.13. The van der Waals surface area contributed by atoms with E-state index < -0.39 is 0 Å². The van der Waals surface area contributed by atoms with Crippen LogP contribution in [-0.2, 0) is 0 Å². The van der Waals surface area contributed by atoms with E-state index in [1.54, 1.807) is 0 Å². The number of benzene rings is 2. The average Bonchev–Trinajstić information content (AvgIpc) is 3.22. The Morgan fingerprint density at radius 1 is 1.18 bits per heavy atom. The highest BCUT2D eigenvalue weighted by atomic mass is 16.2. The maximum atomic E-state index is 12.7. The molecule has 0 atom stereocenters. The number of hydrogen-bond donors (Lipinski definition) is 3. The molecule has 0 bridgehead atoms. The van der Waals surface area contributed by atoms with Crippen LogP contribution in [0.15, 0.2) is 42.5 Å². The first-order chi connectivity index (χ1) is 13.5. The highest BCUT2D eigenvalue weighted by molar-refractivity contribution is 5.96. The fourth-order valence-corrected chi connectivity index (χ4v) is 3.50. The maximum Gasteiger partial charge on any atom is 0.254 e. The van der Waals surface area contributed by atoms with Gasteiger partial charge in [-0.3, -0.25) is 10.2 Å². The van der Waals surface area contributed by atoms with Gasteiger partial charge in [0.25, 0.3) is 5.91 Å². The lowest BCUT2D eigenvalue weighted by atomic mass is 9.98. The highest BCUT2D eigenvalue weighted by Crippen LogP contribution is 2.21. The van der Waals surface area contributed by atoms with Crippen LogP contribution >= 0.6 is 0 Å². The lowest BCUT2D eigenvalue weighted by Gasteiger charge is -2.18. The summed E-state index contributed by atoms with van der Waals surface area (Å²) in [5.74, 6) is 0.217. The number of anilines is 1. The number of hydrogen-bond acceptors (Lipinski definition) is 3. The first-order valence-corrected chi connectivity index (χ1v) is 9.71. The Labute approximate surface area is 166 Å². The molecule has 28 heavy (non-hydrogen) atoms. The van der Waals surface area contributed by atoms with Crippen molar-refractivity contribution in [2.24, 2.45) is 5.73 Å². The summed E-state index contributed by atoms with van der Waals surface area (Å²) in [4.78, 5) is 14.7. The Morgan fingerprint density at radius 3 is 2.64 bits per heavy atom. The molecule has 0 spiro atoms. The molecule has 0 aliphatic carbocycles. The maximum absolute atomic E-state index is 12.7. The van der Waals surface area contributed by atoms with Gasteiger partial charge >= 0.3 is 0 Å². The van der Waals surface area contributed by atoms with Gasteiger partial charge in [-0.2, -0.15) is 0 Å². The Bertz CT molecular complexity index is 911. The number of amides is 1. The van der Waals surface area contributed by atoms with Gasteiger partial charge in [-0.15, -0.1) is 0 Å². The van der Waals surface area contributed by atoms with Crippen LogP contribution in [0, 0.1) is 19.3 Å². The summed E-state index contributed by atoms with van der Waals surface area (Å²) in [7, 11) is 0. The van der Waals surface area contributed by atoms with Gasteiger partial charge in [-0.1, -0.05) is 30.4 Å². The second kappa shape index (κ2) is 8.74. The van der Waals surface area contributed by atoms with Crippen molar-refractivity contribution in [2.75, 3.05) is 25.0 Å². The molecule has 1 fully saturated rings. The van der Waals surface area contributed by atoms with Crippen LogP contribution in [0.3, 0.4) is 0 Å². The molecule has 146 valence electrons. The molecule has 1 aliphatic rings. The van der Waals surface area contributed by atoms with E-state index >= 15 is 0 Å². The molecular formula is C23H28N4O. The van der Waals surface area contributed by atoms with Crippen molar-refractivity contribution < 1.29 is 4.79 Å². The summed E-state index contributed by atoms with van der Waals surface area (Å²) in [6.45, 7) is 6.45. The van der Waals surface area contributed by atoms with Crippen LogP contribution in [-0.4, -0.2) is 36.3 Å². The van der Waals surface area contributed by atoms with Gasteiger partial charge < -0.3 is 16.0 Å². The van der Waals surface area contributed by atoms with Crippen LogP contribution in [0.1, 0.15) is 45.5 Å². The fraction of sp³-hybridized carbons (Fsp3) is 0.304. The van der Waals surface area contributed by atoms with Gasteiger partial charge in [0.15, 0.2) is 0 Å². The molecule has 5 nitrogen and oxygen atoms in total. The molecule has 1 amide bonds. The molecule has 5 heteroatoms. The fourth-order valence-electron chi connectivity index (χ4n) is 3.50. The second-order valence-electron chi connectivity index (χ2n) is 7.30. The first-order valence-electron chi connectivity index (χ1n) is 9.71. The van der Waals surface area contributed by atoms with E-state index in [0.29, 0.717) is 12.1 Å². The second-order valence-corrected chi connectivity index (χ2v) is 7.30. The third-order valence-electron chi connectivity index (χ3n) is 5.13. The number of carbonyl (C=O) groups excluding carboxylic acids is 1. The minimum absolute atomic E-state index is 0.0638. The summed E-state index contributed by atoms with van der Waals surface area (Å²) >= 11 is 0. The lowest BCUT2D eigenvalue weighted by Crippen LogP contribution is -2.28. The molecule has 4 N–H and O–H groups in total. The van der Waals surface area contributed by atoms with E-state index in [4.69, 9.17) is 11.1 Å². The summed E-state index contributed by atoms with van der Waals surface area (Å²) in [5.41, 5.74) is 11.2. The zero-order valence-electron chi connectivity index (χ0n) is 16.6.